The van der Waals surface area contributed by atoms with E-state index in [1.54, 1.807) is 19.2 Å². The lowest BCUT2D eigenvalue weighted by molar-refractivity contribution is -0.113. The molecule has 0 aliphatic rings. The van der Waals surface area contributed by atoms with Gasteiger partial charge in [0, 0.05) is 0 Å². The molecule has 0 spiro atoms. The molecule has 0 saturated heterocycles. The number of hydrogen-bond donors (Lipinski definition) is 2. The Morgan fingerprint density at radius 3 is 2.85 bits per heavy atom. The second-order valence-corrected chi connectivity index (χ2v) is 2.72. The molecule has 0 radical (unpaired) electrons. The summed E-state index contributed by atoms with van der Waals surface area (Å²) in [6.45, 7) is 0. The van der Waals surface area contributed by atoms with E-state index in [1.165, 1.54) is 0 Å². The number of nitrogens with one attached hydrogen (secondary N) is 1. The van der Waals surface area contributed by atoms with Gasteiger partial charge in [-0.1, -0.05) is 12.1 Å². The van der Waals surface area contributed by atoms with Crippen LogP contribution < -0.4 is 10.1 Å². The van der Waals surface area contributed by atoms with Gasteiger partial charge < -0.3 is 10.1 Å². The van der Waals surface area contributed by atoms with E-state index >= 15 is 0 Å². The van der Waals surface area contributed by atoms with Crippen molar-refractivity contribution < 1.29 is 9.53 Å². The van der Waals surface area contributed by atoms with Gasteiger partial charge >= 0.3 is 0 Å². The number of thiol groups is 1. The van der Waals surface area contributed by atoms with Crippen molar-refractivity contribution in [3.8, 4) is 5.75 Å². The second kappa shape index (κ2) is 4.77. The Hall–Kier alpha value is -1.16. The normalized spacial score (nSPS) is 9.38. The standard InChI is InChI=1S/C9H11NO2S/c1-12-8-5-3-2-4-7(8)10-9(11)6-13/h2-5,13H,6H2,1H3,(H,10,11). The summed E-state index contributed by atoms with van der Waals surface area (Å²) in [5.74, 6) is 0.670. The summed E-state index contributed by atoms with van der Waals surface area (Å²) in [5, 5.41) is 2.67. The lowest BCUT2D eigenvalue weighted by Gasteiger charge is -2.08. The largest absolute Gasteiger partial charge is 0.495 e. The smallest absolute Gasteiger partial charge is 0.234 e. The lowest BCUT2D eigenvalue weighted by atomic mass is 10.3. The van der Waals surface area contributed by atoms with E-state index in [2.05, 4.69) is 17.9 Å². The van der Waals surface area contributed by atoms with Crippen molar-refractivity contribution in [2.45, 2.75) is 0 Å². The van der Waals surface area contributed by atoms with Crippen LogP contribution in [-0.2, 0) is 4.79 Å². The number of anilines is 1. The maximum absolute atomic E-state index is 11.0. The Balaban J connectivity index is 2.81. The monoisotopic (exact) mass is 197 g/mol. The third-order valence-electron chi connectivity index (χ3n) is 1.52. The van der Waals surface area contributed by atoms with E-state index in [0.29, 0.717) is 11.4 Å². The van der Waals surface area contributed by atoms with E-state index in [-0.39, 0.29) is 11.7 Å². The molecular weight excluding hydrogens is 186 g/mol. The molecule has 0 aromatic heterocycles. The fraction of sp³-hybridized carbons (Fsp3) is 0.222. The molecule has 1 N–H and O–H groups in total. The first-order valence-electron chi connectivity index (χ1n) is 3.81. The zero-order chi connectivity index (χ0) is 9.68. The highest BCUT2D eigenvalue weighted by molar-refractivity contribution is 7.81. The van der Waals surface area contributed by atoms with Gasteiger partial charge in [-0.05, 0) is 12.1 Å². The summed E-state index contributed by atoms with van der Waals surface area (Å²) < 4.78 is 5.05. The van der Waals surface area contributed by atoms with Gasteiger partial charge in [0.15, 0.2) is 0 Å². The number of carbonyl (C=O) groups is 1. The van der Waals surface area contributed by atoms with Crippen molar-refractivity contribution >= 4 is 24.2 Å². The molecule has 1 amide bonds. The van der Waals surface area contributed by atoms with Crippen LogP contribution in [0.1, 0.15) is 0 Å². The minimum absolute atomic E-state index is 0.146. The molecule has 13 heavy (non-hydrogen) atoms. The molecule has 0 heterocycles. The Morgan fingerprint density at radius 2 is 2.23 bits per heavy atom. The topological polar surface area (TPSA) is 38.3 Å². The minimum atomic E-state index is -0.146. The van der Waals surface area contributed by atoms with Gasteiger partial charge in [-0.3, -0.25) is 4.79 Å². The predicted octanol–water partition coefficient (Wildman–Crippen LogP) is 1.56. The fourth-order valence-corrected chi connectivity index (χ4v) is 1.02. The highest BCUT2D eigenvalue weighted by Crippen LogP contribution is 2.22. The third kappa shape index (κ3) is 2.66. The summed E-state index contributed by atoms with van der Waals surface area (Å²) in [6, 6.07) is 7.24. The molecule has 1 aromatic rings. The van der Waals surface area contributed by atoms with Crippen LogP contribution in [0.5, 0.6) is 5.75 Å². The first kappa shape index (κ1) is 9.92. The number of ether oxygens (including phenoxy) is 1. The van der Waals surface area contributed by atoms with Gasteiger partial charge in [-0.2, -0.15) is 12.6 Å². The molecule has 0 atom stereocenters. The molecule has 1 rings (SSSR count). The predicted molar refractivity (Wildman–Crippen MR) is 55.5 cm³/mol. The zero-order valence-electron chi connectivity index (χ0n) is 7.28. The van der Waals surface area contributed by atoms with Crippen molar-refractivity contribution in [2.75, 3.05) is 18.2 Å². The molecule has 0 fully saturated rings. The van der Waals surface area contributed by atoms with Crippen LogP contribution in [0.25, 0.3) is 0 Å². The van der Waals surface area contributed by atoms with Gasteiger partial charge in [0.1, 0.15) is 5.75 Å². The van der Waals surface area contributed by atoms with E-state index in [4.69, 9.17) is 4.74 Å². The molecule has 70 valence electrons. The number of methoxy groups -OCH3 is 1. The third-order valence-corrected chi connectivity index (χ3v) is 1.81. The number of amides is 1. The average molecular weight is 197 g/mol. The summed E-state index contributed by atoms with van der Waals surface area (Å²) in [6.07, 6.45) is 0. The van der Waals surface area contributed by atoms with E-state index < -0.39 is 0 Å². The Morgan fingerprint density at radius 1 is 1.54 bits per heavy atom. The quantitative estimate of drug-likeness (QED) is 0.722. The van der Waals surface area contributed by atoms with Crippen molar-refractivity contribution in [3.05, 3.63) is 24.3 Å². The number of benzene rings is 1. The maximum atomic E-state index is 11.0. The Bertz CT molecular complexity index is 301. The number of para-hydroxylation sites is 2. The van der Waals surface area contributed by atoms with Gasteiger partial charge in [0.05, 0.1) is 18.6 Å². The number of carbonyl (C=O) groups excluding carboxylic acids is 1. The molecule has 0 unspecified atom stereocenters. The summed E-state index contributed by atoms with van der Waals surface area (Å²) in [7, 11) is 1.56. The highest BCUT2D eigenvalue weighted by atomic mass is 32.1. The van der Waals surface area contributed by atoms with Crippen molar-refractivity contribution in [1.82, 2.24) is 0 Å². The summed E-state index contributed by atoms with van der Waals surface area (Å²) in [4.78, 5) is 11.0. The lowest BCUT2D eigenvalue weighted by Crippen LogP contribution is -2.13. The van der Waals surface area contributed by atoms with Gasteiger partial charge in [-0.15, -0.1) is 0 Å². The van der Waals surface area contributed by atoms with Crippen molar-refractivity contribution in [2.24, 2.45) is 0 Å². The van der Waals surface area contributed by atoms with Gasteiger partial charge in [-0.25, -0.2) is 0 Å². The van der Waals surface area contributed by atoms with Crippen LogP contribution >= 0.6 is 12.6 Å². The number of hydrogen-bond acceptors (Lipinski definition) is 3. The fourth-order valence-electron chi connectivity index (χ4n) is 0.938. The Labute approximate surface area is 82.5 Å². The van der Waals surface area contributed by atoms with Crippen LogP contribution in [0.15, 0.2) is 24.3 Å². The second-order valence-electron chi connectivity index (χ2n) is 2.41. The average Bonchev–Trinajstić information content (AvgIpc) is 2.18. The molecule has 0 aliphatic carbocycles. The molecule has 3 nitrogen and oxygen atoms in total. The van der Waals surface area contributed by atoms with Crippen LogP contribution in [0.3, 0.4) is 0 Å². The Kier molecular flexibility index (Phi) is 3.64. The maximum Gasteiger partial charge on any atom is 0.234 e. The summed E-state index contributed by atoms with van der Waals surface area (Å²) in [5.41, 5.74) is 0.670. The van der Waals surface area contributed by atoms with E-state index in [0.717, 1.165) is 0 Å². The molecule has 4 heteroatoms. The van der Waals surface area contributed by atoms with Gasteiger partial charge in [0.2, 0.25) is 5.91 Å². The molecule has 1 aromatic carbocycles. The minimum Gasteiger partial charge on any atom is -0.495 e. The molecule has 0 aliphatic heterocycles. The molecule has 0 bridgehead atoms. The van der Waals surface area contributed by atoms with Crippen LogP contribution in [0, 0.1) is 0 Å². The van der Waals surface area contributed by atoms with Crippen molar-refractivity contribution in [1.29, 1.82) is 0 Å². The molecular formula is C9H11NO2S. The van der Waals surface area contributed by atoms with Crippen LogP contribution in [0.2, 0.25) is 0 Å². The van der Waals surface area contributed by atoms with E-state index in [1.807, 2.05) is 12.1 Å². The molecule has 0 saturated carbocycles. The first-order chi connectivity index (χ1) is 6.27. The van der Waals surface area contributed by atoms with Crippen LogP contribution in [-0.4, -0.2) is 18.8 Å². The van der Waals surface area contributed by atoms with Gasteiger partial charge in [0.25, 0.3) is 0 Å². The highest BCUT2D eigenvalue weighted by Gasteiger charge is 2.03. The van der Waals surface area contributed by atoms with Crippen LogP contribution in [0.4, 0.5) is 5.69 Å². The van der Waals surface area contributed by atoms with E-state index in [9.17, 15) is 4.79 Å². The SMILES string of the molecule is COc1ccccc1NC(=O)CS. The number of rotatable bonds is 3. The first-order valence-corrected chi connectivity index (χ1v) is 4.45. The summed E-state index contributed by atoms with van der Waals surface area (Å²) >= 11 is 3.86. The zero-order valence-corrected chi connectivity index (χ0v) is 8.17. The van der Waals surface area contributed by atoms with Crippen molar-refractivity contribution in [3.63, 3.8) is 0 Å².